The Labute approximate surface area is 135 Å². The van der Waals surface area contributed by atoms with Gasteiger partial charge in [0.2, 0.25) is 5.89 Å². The largest absolute Gasteiger partial charge is 0.338 e. The van der Waals surface area contributed by atoms with Crippen molar-refractivity contribution in [1.29, 1.82) is 0 Å². The zero-order chi connectivity index (χ0) is 15.9. The van der Waals surface area contributed by atoms with Gasteiger partial charge in [-0.3, -0.25) is 9.36 Å². The number of hydrogen-bond acceptors (Lipinski definition) is 7. The van der Waals surface area contributed by atoms with Crippen molar-refractivity contribution in [3.63, 3.8) is 0 Å². The molecule has 0 bridgehead atoms. The highest BCUT2D eigenvalue weighted by molar-refractivity contribution is 7.99. The summed E-state index contributed by atoms with van der Waals surface area (Å²) in [4.78, 5) is 22.0. The Morgan fingerprint density at radius 2 is 2.09 bits per heavy atom. The SMILES string of the molecule is CC(C)c1noc([C@@H](C)Sc2nc3sccc3c(=O)n2C)n1. The molecule has 0 amide bonds. The molecule has 8 heteroatoms. The Balaban J connectivity index is 1.91. The van der Waals surface area contributed by atoms with Crippen LogP contribution >= 0.6 is 23.1 Å². The maximum absolute atomic E-state index is 12.3. The van der Waals surface area contributed by atoms with Gasteiger partial charge in [-0.05, 0) is 18.4 Å². The van der Waals surface area contributed by atoms with Crippen molar-refractivity contribution < 1.29 is 4.52 Å². The molecule has 0 N–H and O–H groups in total. The van der Waals surface area contributed by atoms with E-state index in [0.717, 1.165) is 4.83 Å². The maximum atomic E-state index is 12.3. The first-order valence-corrected chi connectivity index (χ1v) is 8.67. The summed E-state index contributed by atoms with van der Waals surface area (Å²) < 4.78 is 6.87. The molecular weight excluding hydrogens is 320 g/mol. The van der Waals surface area contributed by atoms with Crippen LogP contribution in [0.1, 0.15) is 43.7 Å². The van der Waals surface area contributed by atoms with Crippen LogP contribution in [0.4, 0.5) is 0 Å². The predicted molar refractivity (Wildman–Crippen MR) is 87.5 cm³/mol. The fraction of sp³-hybridized carbons (Fsp3) is 0.429. The molecule has 3 aromatic rings. The summed E-state index contributed by atoms with van der Waals surface area (Å²) in [6.45, 7) is 6.00. The summed E-state index contributed by atoms with van der Waals surface area (Å²) in [5, 5.41) is 7.09. The number of thiophene rings is 1. The molecule has 1 atom stereocenters. The third-order valence-corrected chi connectivity index (χ3v) is 5.21. The van der Waals surface area contributed by atoms with E-state index in [2.05, 4.69) is 15.1 Å². The molecule has 0 aromatic carbocycles. The van der Waals surface area contributed by atoms with E-state index in [-0.39, 0.29) is 16.7 Å². The first-order chi connectivity index (χ1) is 10.5. The standard InChI is InChI=1S/C14H16N4O2S2/c1-7(2)10-15-11(20-17-10)8(3)22-14-16-12-9(5-6-21-12)13(19)18(14)4/h5-8H,1-4H3/t8-/m1/s1. The van der Waals surface area contributed by atoms with Gasteiger partial charge in [0.05, 0.1) is 10.6 Å². The Kier molecular flexibility index (Phi) is 4.05. The van der Waals surface area contributed by atoms with Crippen LogP contribution in [-0.2, 0) is 7.05 Å². The number of rotatable bonds is 4. The monoisotopic (exact) mass is 336 g/mol. The molecule has 0 unspecified atom stereocenters. The molecule has 116 valence electrons. The lowest BCUT2D eigenvalue weighted by Crippen LogP contribution is -2.19. The summed E-state index contributed by atoms with van der Waals surface area (Å²) in [5.41, 5.74) is -0.0330. The zero-order valence-corrected chi connectivity index (χ0v) is 14.4. The van der Waals surface area contributed by atoms with Gasteiger partial charge in [-0.15, -0.1) is 11.3 Å². The van der Waals surface area contributed by atoms with E-state index < -0.39 is 0 Å². The van der Waals surface area contributed by atoms with Crippen LogP contribution in [-0.4, -0.2) is 19.7 Å². The molecule has 22 heavy (non-hydrogen) atoms. The Morgan fingerprint density at radius 3 is 2.77 bits per heavy atom. The number of thioether (sulfide) groups is 1. The Hall–Kier alpha value is -1.67. The summed E-state index contributed by atoms with van der Waals surface area (Å²) in [6.07, 6.45) is 0. The number of aromatic nitrogens is 4. The predicted octanol–water partition coefficient (Wildman–Crippen LogP) is 3.35. The van der Waals surface area contributed by atoms with Gasteiger partial charge in [-0.25, -0.2) is 4.98 Å². The topological polar surface area (TPSA) is 73.8 Å². The van der Waals surface area contributed by atoms with Crippen molar-refractivity contribution in [2.24, 2.45) is 7.05 Å². The minimum atomic E-state index is -0.0736. The highest BCUT2D eigenvalue weighted by atomic mass is 32.2. The summed E-state index contributed by atoms with van der Waals surface area (Å²) >= 11 is 2.91. The van der Waals surface area contributed by atoms with Gasteiger partial charge in [-0.2, -0.15) is 4.98 Å². The van der Waals surface area contributed by atoms with Crippen LogP contribution in [0.2, 0.25) is 0 Å². The second kappa shape index (κ2) is 5.85. The molecule has 0 aliphatic heterocycles. The number of nitrogens with zero attached hydrogens (tertiary/aromatic N) is 4. The lowest BCUT2D eigenvalue weighted by atomic mass is 10.2. The van der Waals surface area contributed by atoms with E-state index in [4.69, 9.17) is 4.52 Å². The fourth-order valence-corrected chi connectivity index (χ4v) is 3.65. The van der Waals surface area contributed by atoms with Crippen LogP contribution in [0.3, 0.4) is 0 Å². The lowest BCUT2D eigenvalue weighted by molar-refractivity contribution is 0.373. The molecule has 0 aliphatic rings. The van der Waals surface area contributed by atoms with Gasteiger partial charge in [0, 0.05) is 13.0 Å². The van der Waals surface area contributed by atoms with Crippen molar-refractivity contribution in [3.8, 4) is 0 Å². The van der Waals surface area contributed by atoms with Gasteiger partial charge >= 0.3 is 0 Å². The van der Waals surface area contributed by atoms with Crippen molar-refractivity contribution in [2.75, 3.05) is 0 Å². The van der Waals surface area contributed by atoms with Gasteiger partial charge in [0.15, 0.2) is 11.0 Å². The highest BCUT2D eigenvalue weighted by Gasteiger charge is 2.20. The van der Waals surface area contributed by atoms with Gasteiger partial charge in [-0.1, -0.05) is 30.8 Å². The molecule has 0 saturated heterocycles. The Morgan fingerprint density at radius 1 is 1.32 bits per heavy atom. The van der Waals surface area contributed by atoms with E-state index in [1.165, 1.54) is 23.1 Å². The molecule has 6 nitrogen and oxygen atoms in total. The molecule has 3 heterocycles. The summed E-state index contributed by atoms with van der Waals surface area (Å²) in [7, 11) is 1.73. The van der Waals surface area contributed by atoms with Gasteiger partial charge in [0.25, 0.3) is 5.56 Å². The maximum Gasteiger partial charge on any atom is 0.262 e. The molecule has 3 rings (SSSR count). The summed E-state index contributed by atoms with van der Waals surface area (Å²) in [6, 6.07) is 1.81. The first kappa shape index (κ1) is 15.2. The second-order valence-electron chi connectivity index (χ2n) is 5.30. The third-order valence-electron chi connectivity index (χ3n) is 3.27. The van der Waals surface area contributed by atoms with Crippen molar-refractivity contribution >= 4 is 33.3 Å². The van der Waals surface area contributed by atoms with Crippen LogP contribution in [0, 0.1) is 0 Å². The van der Waals surface area contributed by atoms with Crippen LogP contribution < -0.4 is 5.56 Å². The first-order valence-electron chi connectivity index (χ1n) is 6.91. The van der Waals surface area contributed by atoms with E-state index in [1.54, 1.807) is 17.7 Å². The van der Waals surface area contributed by atoms with Gasteiger partial charge in [0.1, 0.15) is 4.83 Å². The molecule has 0 aliphatic carbocycles. The average molecular weight is 336 g/mol. The molecule has 0 fully saturated rings. The van der Waals surface area contributed by atoms with Crippen molar-refractivity contribution in [3.05, 3.63) is 33.5 Å². The quantitative estimate of drug-likeness (QED) is 0.537. The highest BCUT2D eigenvalue weighted by Crippen LogP contribution is 2.33. The van der Waals surface area contributed by atoms with Crippen molar-refractivity contribution in [1.82, 2.24) is 19.7 Å². The van der Waals surface area contributed by atoms with Gasteiger partial charge < -0.3 is 4.52 Å². The Bertz CT molecular complexity index is 865. The molecule has 3 aromatic heterocycles. The molecule has 0 spiro atoms. The molecule has 0 saturated carbocycles. The van der Waals surface area contributed by atoms with E-state index in [0.29, 0.717) is 22.3 Å². The van der Waals surface area contributed by atoms with E-state index >= 15 is 0 Å². The van der Waals surface area contributed by atoms with Crippen LogP contribution in [0.5, 0.6) is 0 Å². The zero-order valence-electron chi connectivity index (χ0n) is 12.7. The van der Waals surface area contributed by atoms with E-state index in [1.807, 2.05) is 26.2 Å². The molecular formula is C14H16N4O2S2. The van der Waals surface area contributed by atoms with Crippen LogP contribution in [0.15, 0.2) is 25.9 Å². The lowest BCUT2D eigenvalue weighted by Gasteiger charge is -2.09. The van der Waals surface area contributed by atoms with Crippen LogP contribution in [0.25, 0.3) is 10.2 Å². The third kappa shape index (κ3) is 2.68. The fourth-order valence-electron chi connectivity index (χ4n) is 1.94. The molecule has 0 radical (unpaired) electrons. The summed E-state index contributed by atoms with van der Waals surface area (Å²) in [5.74, 6) is 1.46. The smallest absolute Gasteiger partial charge is 0.262 e. The number of fused-ring (bicyclic) bond motifs is 1. The van der Waals surface area contributed by atoms with E-state index in [9.17, 15) is 4.79 Å². The van der Waals surface area contributed by atoms with Crippen molar-refractivity contribution in [2.45, 2.75) is 37.1 Å². The number of hydrogen-bond donors (Lipinski definition) is 0. The second-order valence-corrected chi connectivity index (χ2v) is 7.51. The average Bonchev–Trinajstić information content (AvgIpc) is 3.13. The minimum Gasteiger partial charge on any atom is -0.338 e. The normalized spacial score (nSPS) is 13.1. The minimum absolute atomic E-state index is 0.0330.